The molecule has 1 atom stereocenters. The predicted molar refractivity (Wildman–Crippen MR) is 95.2 cm³/mol. The van der Waals surface area contributed by atoms with Crippen molar-refractivity contribution >= 4 is 11.9 Å². The maximum absolute atomic E-state index is 11.8. The molecule has 0 aromatic carbocycles. The molecule has 0 N–H and O–H groups in total. The molecule has 0 heterocycles. The molecule has 0 saturated heterocycles. The summed E-state index contributed by atoms with van der Waals surface area (Å²) >= 11 is 0. The largest absolute Gasteiger partial charge is 0.466 e. The Morgan fingerprint density at radius 1 is 1.13 bits per heavy atom. The molecule has 0 spiro atoms. The van der Waals surface area contributed by atoms with Gasteiger partial charge in [0.05, 0.1) is 13.0 Å². The molecule has 134 valence electrons. The molecule has 0 aliphatic heterocycles. The maximum atomic E-state index is 11.8. The summed E-state index contributed by atoms with van der Waals surface area (Å²) in [5.41, 5.74) is 1.35. The van der Waals surface area contributed by atoms with Crippen LogP contribution in [0.3, 0.4) is 0 Å². The van der Waals surface area contributed by atoms with Crippen molar-refractivity contribution < 1.29 is 14.3 Å². The zero-order valence-corrected chi connectivity index (χ0v) is 15.7. The number of carbonyl (C=O) groups is 2. The summed E-state index contributed by atoms with van der Waals surface area (Å²) in [7, 11) is 0. The van der Waals surface area contributed by atoms with E-state index in [0.717, 1.165) is 38.6 Å². The number of allylic oxidation sites excluding steroid dienone is 2. The van der Waals surface area contributed by atoms with Crippen molar-refractivity contribution in [2.24, 2.45) is 5.92 Å². The van der Waals surface area contributed by atoms with Gasteiger partial charge in [-0.1, -0.05) is 31.9 Å². The van der Waals surface area contributed by atoms with Crippen molar-refractivity contribution in [1.29, 1.82) is 0 Å². The molecule has 0 aromatic rings. The van der Waals surface area contributed by atoms with Crippen molar-refractivity contribution in [3.05, 3.63) is 11.6 Å². The Hall–Kier alpha value is -1.32. The lowest BCUT2D eigenvalue weighted by Gasteiger charge is -2.20. The number of amides is 1. The Balaban J connectivity index is 3.84. The minimum absolute atomic E-state index is 0.0270. The van der Waals surface area contributed by atoms with Crippen LogP contribution in [0.1, 0.15) is 73.1 Å². The van der Waals surface area contributed by atoms with Crippen LogP contribution in [0.2, 0.25) is 0 Å². The first-order chi connectivity index (χ1) is 10.9. The van der Waals surface area contributed by atoms with Gasteiger partial charge in [0.15, 0.2) is 0 Å². The van der Waals surface area contributed by atoms with Gasteiger partial charge < -0.3 is 9.64 Å². The van der Waals surface area contributed by atoms with E-state index in [2.05, 4.69) is 33.8 Å². The molecular weight excluding hydrogens is 290 g/mol. The van der Waals surface area contributed by atoms with Crippen molar-refractivity contribution in [1.82, 2.24) is 4.90 Å². The Bertz CT molecular complexity index is 373. The zero-order chi connectivity index (χ0) is 17.7. The number of carbonyl (C=O) groups excluding carboxylic acids is 2. The van der Waals surface area contributed by atoms with E-state index in [1.165, 1.54) is 5.57 Å². The predicted octanol–water partition coefficient (Wildman–Crippen LogP) is 4.34. The molecule has 0 fully saturated rings. The average molecular weight is 325 g/mol. The highest BCUT2D eigenvalue weighted by atomic mass is 16.5. The van der Waals surface area contributed by atoms with Gasteiger partial charge in [0.2, 0.25) is 5.91 Å². The highest BCUT2D eigenvalue weighted by Crippen LogP contribution is 2.12. The lowest BCUT2D eigenvalue weighted by Crippen LogP contribution is -2.32. The van der Waals surface area contributed by atoms with Crippen LogP contribution in [0.25, 0.3) is 0 Å². The number of hydrogen-bond acceptors (Lipinski definition) is 3. The van der Waals surface area contributed by atoms with E-state index in [1.54, 1.807) is 11.8 Å². The minimum Gasteiger partial charge on any atom is -0.466 e. The fourth-order valence-corrected chi connectivity index (χ4v) is 2.25. The van der Waals surface area contributed by atoms with Crippen molar-refractivity contribution in [2.45, 2.75) is 73.1 Å². The van der Waals surface area contributed by atoms with E-state index in [4.69, 9.17) is 4.74 Å². The quantitative estimate of drug-likeness (QED) is 0.396. The van der Waals surface area contributed by atoms with Crippen molar-refractivity contribution in [3.63, 3.8) is 0 Å². The third-order valence-corrected chi connectivity index (χ3v) is 3.90. The molecule has 0 bridgehead atoms. The summed E-state index contributed by atoms with van der Waals surface area (Å²) in [6.07, 6.45) is 7.65. The molecule has 4 nitrogen and oxygen atoms in total. The summed E-state index contributed by atoms with van der Waals surface area (Å²) in [6.45, 7) is 11.7. The second-order valence-corrected chi connectivity index (χ2v) is 6.58. The van der Waals surface area contributed by atoms with Gasteiger partial charge in [-0.2, -0.15) is 0 Å². The fraction of sp³-hybridized carbons (Fsp3) is 0.789. The van der Waals surface area contributed by atoms with Crippen molar-refractivity contribution in [2.75, 3.05) is 19.7 Å². The topological polar surface area (TPSA) is 46.6 Å². The van der Waals surface area contributed by atoms with Crippen LogP contribution in [0, 0.1) is 5.92 Å². The summed E-state index contributed by atoms with van der Waals surface area (Å²) in [4.78, 5) is 25.0. The van der Waals surface area contributed by atoms with Gasteiger partial charge in [-0.3, -0.25) is 9.59 Å². The van der Waals surface area contributed by atoms with Crippen LogP contribution in [-0.4, -0.2) is 36.5 Å². The standard InChI is InChI=1S/C19H35NO3/c1-6-7-13-20(18(5)21)14-11-19(22)23-15-12-17(4)10-8-9-16(2)3/h9,17H,6-8,10-15H2,1-5H3/t17-/m1/s1. The van der Waals surface area contributed by atoms with Crippen LogP contribution in [0.15, 0.2) is 11.6 Å². The fourth-order valence-electron chi connectivity index (χ4n) is 2.25. The first-order valence-electron chi connectivity index (χ1n) is 8.91. The lowest BCUT2D eigenvalue weighted by molar-refractivity contribution is -0.144. The van der Waals surface area contributed by atoms with Gasteiger partial charge in [0, 0.05) is 20.0 Å². The second kappa shape index (κ2) is 13.1. The summed E-state index contributed by atoms with van der Waals surface area (Å²) < 4.78 is 5.28. The Morgan fingerprint density at radius 2 is 1.83 bits per heavy atom. The highest BCUT2D eigenvalue weighted by molar-refractivity contribution is 5.75. The normalized spacial score (nSPS) is 11.7. The average Bonchev–Trinajstić information content (AvgIpc) is 2.46. The molecule has 0 radical (unpaired) electrons. The van der Waals surface area contributed by atoms with E-state index < -0.39 is 0 Å². The van der Waals surface area contributed by atoms with Gasteiger partial charge in [-0.05, 0) is 45.4 Å². The van der Waals surface area contributed by atoms with Crippen LogP contribution in [-0.2, 0) is 14.3 Å². The van der Waals surface area contributed by atoms with Crippen LogP contribution in [0.4, 0.5) is 0 Å². The molecular formula is C19H35NO3. The number of ether oxygens (including phenoxy) is 1. The second-order valence-electron chi connectivity index (χ2n) is 6.58. The Labute approximate surface area is 142 Å². The van der Waals surface area contributed by atoms with Crippen LogP contribution in [0.5, 0.6) is 0 Å². The Kier molecular flexibility index (Phi) is 12.4. The maximum Gasteiger partial charge on any atom is 0.307 e. The van der Waals surface area contributed by atoms with E-state index in [0.29, 0.717) is 19.1 Å². The smallest absolute Gasteiger partial charge is 0.307 e. The van der Waals surface area contributed by atoms with E-state index in [1.807, 2.05) is 0 Å². The monoisotopic (exact) mass is 325 g/mol. The van der Waals surface area contributed by atoms with Gasteiger partial charge in [-0.25, -0.2) is 0 Å². The van der Waals surface area contributed by atoms with E-state index in [9.17, 15) is 9.59 Å². The lowest BCUT2D eigenvalue weighted by atomic mass is 10.0. The third-order valence-electron chi connectivity index (χ3n) is 3.90. The molecule has 0 unspecified atom stereocenters. The molecule has 0 saturated carbocycles. The van der Waals surface area contributed by atoms with Crippen LogP contribution >= 0.6 is 0 Å². The summed E-state index contributed by atoms with van der Waals surface area (Å²) in [6, 6.07) is 0. The summed E-state index contributed by atoms with van der Waals surface area (Å²) in [5.74, 6) is 0.375. The van der Waals surface area contributed by atoms with Crippen molar-refractivity contribution in [3.8, 4) is 0 Å². The molecule has 4 heteroatoms. The molecule has 0 rings (SSSR count). The first-order valence-corrected chi connectivity index (χ1v) is 8.91. The molecule has 23 heavy (non-hydrogen) atoms. The SMILES string of the molecule is CCCCN(CCC(=O)OCC[C@H](C)CCC=C(C)C)C(C)=O. The molecule has 0 aromatic heterocycles. The minimum atomic E-state index is -0.204. The van der Waals surface area contributed by atoms with E-state index in [-0.39, 0.29) is 18.3 Å². The summed E-state index contributed by atoms with van der Waals surface area (Å²) in [5, 5.41) is 0. The third kappa shape index (κ3) is 12.9. The highest BCUT2D eigenvalue weighted by Gasteiger charge is 2.11. The molecule has 1 amide bonds. The van der Waals surface area contributed by atoms with Gasteiger partial charge in [0.25, 0.3) is 0 Å². The van der Waals surface area contributed by atoms with E-state index >= 15 is 0 Å². The number of nitrogens with zero attached hydrogens (tertiary/aromatic N) is 1. The van der Waals surface area contributed by atoms with Gasteiger partial charge >= 0.3 is 5.97 Å². The molecule has 0 aliphatic carbocycles. The Morgan fingerprint density at radius 3 is 2.39 bits per heavy atom. The number of esters is 1. The number of unbranched alkanes of at least 4 members (excludes halogenated alkanes) is 1. The van der Waals surface area contributed by atoms with Gasteiger partial charge in [-0.15, -0.1) is 0 Å². The number of hydrogen-bond donors (Lipinski definition) is 0. The van der Waals surface area contributed by atoms with Crippen LogP contribution < -0.4 is 0 Å². The number of rotatable bonds is 12. The molecule has 0 aliphatic rings. The van der Waals surface area contributed by atoms with Gasteiger partial charge in [0.1, 0.15) is 0 Å². The first kappa shape index (κ1) is 21.7. The zero-order valence-electron chi connectivity index (χ0n) is 15.7.